The predicted octanol–water partition coefficient (Wildman–Crippen LogP) is 3.28. The van der Waals surface area contributed by atoms with E-state index >= 15 is 0 Å². The monoisotopic (exact) mass is 267 g/mol. The van der Waals surface area contributed by atoms with Gasteiger partial charge in [-0.15, -0.1) is 0 Å². The summed E-state index contributed by atoms with van der Waals surface area (Å²) in [5, 5.41) is 3.48. The SMILES string of the molecule is CC1CCC(OC(=O)CCC2CCCCN2)CC1C. The molecular formula is C16H29NO2. The number of esters is 1. The van der Waals surface area contributed by atoms with Crippen molar-refractivity contribution in [2.24, 2.45) is 11.8 Å². The summed E-state index contributed by atoms with van der Waals surface area (Å²) < 4.78 is 5.63. The van der Waals surface area contributed by atoms with Crippen molar-refractivity contribution >= 4 is 5.97 Å². The molecule has 4 atom stereocenters. The lowest BCUT2D eigenvalue weighted by Crippen LogP contribution is -2.35. The first kappa shape index (κ1) is 14.8. The molecule has 0 aromatic carbocycles. The first-order valence-electron chi connectivity index (χ1n) is 8.08. The molecule has 0 aromatic rings. The van der Waals surface area contributed by atoms with Gasteiger partial charge < -0.3 is 10.1 Å². The van der Waals surface area contributed by atoms with E-state index in [0.717, 1.165) is 31.7 Å². The summed E-state index contributed by atoms with van der Waals surface area (Å²) in [5.74, 6) is 1.48. The Morgan fingerprint density at radius 2 is 2.00 bits per heavy atom. The van der Waals surface area contributed by atoms with Gasteiger partial charge in [0.2, 0.25) is 0 Å². The number of nitrogens with one attached hydrogen (secondary N) is 1. The quantitative estimate of drug-likeness (QED) is 0.794. The minimum absolute atomic E-state index is 0.0131. The van der Waals surface area contributed by atoms with Crippen molar-refractivity contribution in [2.45, 2.75) is 77.4 Å². The van der Waals surface area contributed by atoms with Gasteiger partial charge in [-0.05, 0) is 56.9 Å². The molecule has 0 radical (unpaired) electrons. The summed E-state index contributed by atoms with van der Waals surface area (Å²) in [6.45, 7) is 5.69. The van der Waals surface area contributed by atoms with Crippen LogP contribution in [0.4, 0.5) is 0 Å². The van der Waals surface area contributed by atoms with Gasteiger partial charge in [0.15, 0.2) is 0 Å². The Labute approximate surface area is 117 Å². The van der Waals surface area contributed by atoms with Gasteiger partial charge in [0, 0.05) is 12.5 Å². The predicted molar refractivity (Wildman–Crippen MR) is 76.9 cm³/mol. The first-order chi connectivity index (χ1) is 9.15. The van der Waals surface area contributed by atoms with E-state index < -0.39 is 0 Å². The maximum absolute atomic E-state index is 11.9. The van der Waals surface area contributed by atoms with Crippen LogP contribution in [0.1, 0.15) is 65.2 Å². The molecule has 110 valence electrons. The Kier molecular flexibility index (Phi) is 5.68. The van der Waals surface area contributed by atoms with Gasteiger partial charge in [0.25, 0.3) is 0 Å². The van der Waals surface area contributed by atoms with Gasteiger partial charge in [0.05, 0.1) is 0 Å². The van der Waals surface area contributed by atoms with E-state index in [9.17, 15) is 4.79 Å². The molecule has 1 saturated heterocycles. The van der Waals surface area contributed by atoms with Crippen LogP contribution in [0.2, 0.25) is 0 Å². The average Bonchev–Trinajstić information content (AvgIpc) is 2.42. The first-order valence-corrected chi connectivity index (χ1v) is 8.08. The molecule has 1 saturated carbocycles. The Morgan fingerprint density at radius 1 is 1.16 bits per heavy atom. The normalized spacial score (nSPS) is 35.9. The molecule has 3 heteroatoms. The summed E-state index contributed by atoms with van der Waals surface area (Å²) in [7, 11) is 0. The zero-order chi connectivity index (χ0) is 13.7. The van der Waals surface area contributed by atoms with Gasteiger partial charge in [-0.1, -0.05) is 20.3 Å². The Balaban J connectivity index is 1.63. The van der Waals surface area contributed by atoms with E-state index in [0.29, 0.717) is 18.4 Å². The fourth-order valence-corrected chi connectivity index (χ4v) is 3.31. The van der Waals surface area contributed by atoms with E-state index in [1.807, 2.05) is 0 Å². The third-order valence-corrected chi connectivity index (χ3v) is 4.96. The maximum Gasteiger partial charge on any atom is 0.306 e. The smallest absolute Gasteiger partial charge is 0.306 e. The molecule has 1 N–H and O–H groups in total. The third kappa shape index (κ3) is 4.79. The number of rotatable bonds is 4. The molecule has 1 heterocycles. The van der Waals surface area contributed by atoms with Gasteiger partial charge >= 0.3 is 5.97 Å². The Morgan fingerprint density at radius 3 is 2.68 bits per heavy atom. The molecule has 2 rings (SSSR count). The van der Waals surface area contributed by atoms with Crippen LogP contribution in [-0.4, -0.2) is 24.7 Å². The van der Waals surface area contributed by atoms with Crippen LogP contribution in [0.25, 0.3) is 0 Å². The highest BCUT2D eigenvalue weighted by Crippen LogP contribution is 2.31. The van der Waals surface area contributed by atoms with E-state index in [-0.39, 0.29) is 12.1 Å². The number of carbonyl (C=O) groups excluding carboxylic acids is 1. The highest BCUT2D eigenvalue weighted by molar-refractivity contribution is 5.69. The zero-order valence-electron chi connectivity index (χ0n) is 12.5. The average molecular weight is 267 g/mol. The summed E-state index contributed by atoms with van der Waals surface area (Å²) in [5.41, 5.74) is 0. The fourth-order valence-electron chi connectivity index (χ4n) is 3.31. The lowest BCUT2D eigenvalue weighted by atomic mass is 9.80. The third-order valence-electron chi connectivity index (χ3n) is 4.96. The molecule has 3 nitrogen and oxygen atoms in total. The van der Waals surface area contributed by atoms with Crippen molar-refractivity contribution in [1.29, 1.82) is 0 Å². The second kappa shape index (κ2) is 7.28. The van der Waals surface area contributed by atoms with Crippen LogP contribution in [0.5, 0.6) is 0 Å². The van der Waals surface area contributed by atoms with Crippen LogP contribution >= 0.6 is 0 Å². The second-order valence-corrected chi connectivity index (χ2v) is 6.56. The molecule has 2 aliphatic rings. The van der Waals surface area contributed by atoms with E-state index in [1.165, 1.54) is 25.7 Å². The minimum atomic E-state index is 0.0131. The van der Waals surface area contributed by atoms with Crippen molar-refractivity contribution < 1.29 is 9.53 Å². The van der Waals surface area contributed by atoms with Crippen molar-refractivity contribution in [2.75, 3.05) is 6.54 Å². The molecule has 1 aliphatic heterocycles. The highest BCUT2D eigenvalue weighted by atomic mass is 16.5. The molecule has 1 aliphatic carbocycles. The molecule has 2 fully saturated rings. The van der Waals surface area contributed by atoms with Crippen LogP contribution in [0.15, 0.2) is 0 Å². The number of hydrogen-bond acceptors (Lipinski definition) is 3. The van der Waals surface area contributed by atoms with Crippen LogP contribution in [0, 0.1) is 11.8 Å². The van der Waals surface area contributed by atoms with Gasteiger partial charge in [-0.2, -0.15) is 0 Å². The van der Waals surface area contributed by atoms with Gasteiger partial charge in [-0.3, -0.25) is 4.79 Å². The molecule has 19 heavy (non-hydrogen) atoms. The summed E-state index contributed by atoms with van der Waals surface area (Å²) >= 11 is 0. The van der Waals surface area contributed by atoms with Crippen molar-refractivity contribution in [3.8, 4) is 0 Å². The van der Waals surface area contributed by atoms with E-state index in [1.54, 1.807) is 0 Å². The Bertz CT molecular complexity index is 286. The van der Waals surface area contributed by atoms with Gasteiger partial charge in [-0.25, -0.2) is 0 Å². The van der Waals surface area contributed by atoms with E-state index in [4.69, 9.17) is 4.74 Å². The lowest BCUT2D eigenvalue weighted by molar-refractivity contribution is -0.152. The maximum atomic E-state index is 11.9. The van der Waals surface area contributed by atoms with Gasteiger partial charge in [0.1, 0.15) is 6.10 Å². The second-order valence-electron chi connectivity index (χ2n) is 6.56. The van der Waals surface area contributed by atoms with Crippen molar-refractivity contribution in [1.82, 2.24) is 5.32 Å². The molecule has 0 aromatic heterocycles. The van der Waals surface area contributed by atoms with Crippen molar-refractivity contribution in [3.63, 3.8) is 0 Å². The molecule has 0 bridgehead atoms. The number of ether oxygens (including phenoxy) is 1. The summed E-state index contributed by atoms with van der Waals surface area (Å²) in [6, 6.07) is 0.534. The fraction of sp³-hybridized carbons (Fsp3) is 0.938. The van der Waals surface area contributed by atoms with Crippen LogP contribution in [-0.2, 0) is 9.53 Å². The molecular weight excluding hydrogens is 238 g/mol. The zero-order valence-corrected chi connectivity index (χ0v) is 12.5. The molecule has 0 amide bonds. The standard InChI is InChI=1S/C16H29NO2/c1-12-6-8-15(11-13(12)2)19-16(18)9-7-14-5-3-4-10-17-14/h12-15,17H,3-11H2,1-2H3. The number of hydrogen-bond donors (Lipinski definition) is 1. The topological polar surface area (TPSA) is 38.3 Å². The Hall–Kier alpha value is -0.570. The lowest BCUT2D eigenvalue weighted by Gasteiger charge is -2.31. The van der Waals surface area contributed by atoms with Crippen LogP contribution < -0.4 is 5.32 Å². The number of piperidine rings is 1. The largest absolute Gasteiger partial charge is 0.462 e. The summed E-state index contributed by atoms with van der Waals surface area (Å²) in [6.07, 6.45) is 8.79. The molecule has 0 spiro atoms. The summed E-state index contributed by atoms with van der Waals surface area (Å²) in [4.78, 5) is 11.9. The number of carbonyl (C=O) groups is 1. The van der Waals surface area contributed by atoms with E-state index in [2.05, 4.69) is 19.2 Å². The van der Waals surface area contributed by atoms with Crippen LogP contribution in [0.3, 0.4) is 0 Å². The molecule has 4 unspecified atom stereocenters. The minimum Gasteiger partial charge on any atom is -0.462 e. The van der Waals surface area contributed by atoms with Crippen molar-refractivity contribution in [3.05, 3.63) is 0 Å². The highest BCUT2D eigenvalue weighted by Gasteiger charge is 2.27.